The Kier molecular flexibility index (Phi) is 6.44. The lowest BCUT2D eigenvalue weighted by Crippen LogP contribution is -2.25. The molecule has 0 aliphatic rings. The zero-order valence-corrected chi connectivity index (χ0v) is 15.9. The number of aromatic nitrogens is 2. The standard InChI is InChI=1S/C21H21N3O2S/c1-15-6-5-9-17(10-15)14-27-21-23-18(12-20(26)24-21)11-19(25)22-13-16-7-3-2-4-8-16/h2-10,12H,11,13-14H2,1H3,(H,22,25)(H,23,24,26). The van der Waals surface area contributed by atoms with Crippen LogP contribution in [0.4, 0.5) is 0 Å². The van der Waals surface area contributed by atoms with Gasteiger partial charge in [-0.3, -0.25) is 9.59 Å². The molecule has 0 aliphatic carbocycles. The second kappa shape index (κ2) is 9.19. The number of nitrogens with zero attached hydrogens (tertiary/aromatic N) is 1. The number of thioether (sulfide) groups is 1. The molecule has 0 saturated heterocycles. The Morgan fingerprint density at radius 1 is 1.07 bits per heavy atom. The van der Waals surface area contributed by atoms with Crippen molar-refractivity contribution in [1.82, 2.24) is 15.3 Å². The minimum absolute atomic E-state index is 0.0781. The topological polar surface area (TPSA) is 74.8 Å². The fourth-order valence-corrected chi connectivity index (χ4v) is 3.46. The molecule has 2 aromatic carbocycles. The third-order valence-corrected chi connectivity index (χ3v) is 4.85. The van der Waals surface area contributed by atoms with Crippen LogP contribution in [0.15, 0.2) is 70.6 Å². The van der Waals surface area contributed by atoms with Gasteiger partial charge in [0, 0.05) is 18.4 Å². The average molecular weight is 379 g/mol. The van der Waals surface area contributed by atoms with Gasteiger partial charge < -0.3 is 10.3 Å². The lowest BCUT2D eigenvalue weighted by atomic mass is 10.2. The van der Waals surface area contributed by atoms with Crippen LogP contribution in [0.1, 0.15) is 22.4 Å². The number of hydrogen-bond acceptors (Lipinski definition) is 4. The molecule has 5 nitrogen and oxygen atoms in total. The number of carbonyl (C=O) groups is 1. The summed E-state index contributed by atoms with van der Waals surface area (Å²) in [6.45, 7) is 2.50. The van der Waals surface area contributed by atoms with Crippen molar-refractivity contribution in [3.63, 3.8) is 0 Å². The minimum Gasteiger partial charge on any atom is -0.352 e. The average Bonchev–Trinajstić information content (AvgIpc) is 2.65. The van der Waals surface area contributed by atoms with Crippen molar-refractivity contribution in [2.75, 3.05) is 0 Å². The summed E-state index contributed by atoms with van der Waals surface area (Å²) in [6, 6.07) is 19.3. The molecule has 0 aliphatic heterocycles. The first-order valence-electron chi connectivity index (χ1n) is 8.68. The van der Waals surface area contributed by atoms with E-state index in [1.54, 1.807) is 0 Å². The summed E-state index contributed by atoms with van der Waals surface area (Å²) in [4.78, 5) is 31.2. The molecule has 2 N–H and O–H groups in total. The van der Waals surface area contributed by atoms with E-state index in [4.69, 9.17) is 0 Å². The second-order valence-corrected chi connectivity index (χ2v) is 7.22. The van der Waals surface area contributed by atoms with Crippen molar-refractivity contribution >= 4 is 17.7 Å². The molecule has 0 spiro atoms. The van der Waals surface area contributed by atoms with Gasteiger partial charge in [0.1, 0.15) is 0 Å². The molecule has 138 valence electrons. The van der Waals surface area contributed by atoms with Crippen LogP contribution in [0.25, 0.3) is 0 Å². The van der Waals surface area contributed by atoms with Crippen molar-refractivity contribution < 1.29 is 4.79 Å². The smallest absolute Gasteiger partial charge is 0.251 e. The van der Waals surface area contributed by atoms with Gasteiger partial charge in [0.05, 0.1) is 12.1 Å². The van der Waals surface area contributed by atoms with Crippen LogP contribution in [0.3, 0.4) is 0 Å². The molecule has 0 bridgehead atoms. The lowest BCUT2D eigenvalue weighted by molar-refractivity contribution is -0.120. The molecule has 0 atom stereocenters. The van der Waals surface area contributed by atoms with Crippen molar-refractivity contribution in [2.45, 2.75) is 30.8 Å². The summed E-state index contributed by atoms with van der Waals surface area (Å²) >= 11 is 1.45. The number of benzene rings is 2. The van der Waals surface area contributed by atoms with E-state index in [1.807, 2.05) is 55.5 Å². The molecule has 0 saturated carbocycles. The van der Waals surface area contributed by atoms with E-state index in [0.717, 1.165) is 11.1 Å². The van der Waals surface area contributed by atoms with Crippen molar-refractivity contribution in [2.24, 2.45) is 0 Å². The Labute approximate surface area is 162 Å². The maximum atomic E-state index is 12.2. The fraction of sp³-hybridized carbons (Fsp3) is 0.190. The second-order valence-electron chi connectivity index (χ2n) is 6.26. The van der Waals surface area contributed by atoms with E-state index in [2.05, 4.69) is 21.4 Å². The van der Waals surface area contributed by atoms with Crippen molar-refractivity contribution in [3.8, 4) is 0 Å². The van der Waals surface area contributed by atoms with Crippen LogP contribution in [-0.2, 0) is 23.5 Å². The van der Waals surface area contributed by atoms with Crippen LogP contribution < -0.4 is 10.9 Å². The maximum absolute atomic E-state index is 12.2. The van der Waals surface area contributed by atoms with Crippen LogP contribution in [0, 0.1) is 6.92 Å². The lowest BCUT2D eigenvalue weighted by Gasteiger charge is -2.07. The van der Waals surface area contributed by atoms with Gasteiger partial charge in [-0.25, -0.2) is 4.98 Å². The highest BCUT2D eigenvalue weighted by Gasteiger charge is 2.08. The SMILES string of the molecule is Cc1cccc(CSc2nc(CC(=O)NCc3ccccc3)cc(=O)[nH]2)c1. The Morgan fingerprint density at radius 2 is 1.85 bits per heavy atom. The molecular formula is C21H21N3O2S. The molecule has 6 heteroatoms. The van der Waals surface area contributed by atoms with Gasteiger partial charge >= 0.3 is 0 Å². The summed E-state index contributed by atoms with van der Waals surface area (Å²) in [5, 5.41) is 3.38. The van der Waals surface area contributed by atoms with Crippen LogP contribution in [-0.4, -0.2) is 15.9 Å². The van der Waals surface area contributed by atoms with Gasteiger partial charge in [-0.15, -0.1) is 0 Å². The van der Waals surface area contributed by atoms with Crippen LogP contribution in [0.2, 0.25) is 0 Å². The van der Waals surface area contributed by atoms with Crippen LogP contribution in [0.5, 0.6) is 0 Å². The number of amides is 1. The summed E-state index contributed by atoms with van der Waals surface area (Å²) in [6.07, 6.45) is 0.0781. The number of aryl methyl sites for hydroxylation is 1. The third kappa shape index (κ3) is 6.11. The monoisotopic (exact) mass is 379 g/mol. The molecular weight excluding hydrogens is 358 g/mol. The quantitative estimate of drug-likeness (QED) is 0.488. The molecule has 0 fully saturated rings. The van der Waals surface area contributed by atoms with Crippen LogP contribution >= 0.6 is 11.8 Å². The highest BCUT2D eigenvalue weighted by Crippen LogP contribution is 2.19. The zero-order chi connectivity index (χ0) is 19.1. The number of carbonyl (C=O) groups excluding carboxylic acids is 1. The van der Waals surface area contributed by atoms with E-state index in [-0.39, 0.29) is 17.9 Å². The van der Waals surface area contributed by atoms with E-state index in [9.17, 15) is 9.59 Å². The summed E-state index contributed by atoms with van der Waals surface area (Å²) < 4.78 is 0. The van der Waals surface area contributed by atoms with E-state index < -0.39 is 0 Å². The first-order valence-corrected chi connectivity index (χ1v) is 9.66. The van der Waals surface area contributed by atoms with E-state index in [1.165, 1.54) is 23.4 Å². The maximum Gasteiger partial charge on any atom is 0.251 e. The van der Waals surface area contributed by atoms with Gasteiger partial charge in [0.15, 0.2) is 5.16 Å². The highest BCUT2D eigenvalue weighted by atomic mass is 32.2. The Balaban J connectivity index is 1.59. The molecule has 1 heterocycles. The van der Waals surface area contributed by atoms with Crippen molar-refractivity contribution in [1.29, 1.82) is 0 Å². The molecule has 0 radical (unpaired) electrons. The highest BCUT2D eigenvalue weighted by molar-refractivity contribution is 7.98. The van der Waals surface area contributed by atoms with Gasteiger partial charge in [0.2, 0.25) is 5.91 Å². The molecule has 27 heavy (non-hydrogen) atoms. The largest absolute Gasteiger partial charge is 0.352 e. The number of hydrogen-bond donors (Lipinski definition) is 2. The molecule has 0 unspecified atom stereocenters. The number of nitrogens with one attached hydrogen (secondary N) is 2. The first-order chi connectivity index (χ1) is 13.1. The summed E-state index contributed by atoms with van der Waals surface area (Å²) in [5.74, 6) is 0.542. The predicted octanol–water partition coefficient (Wildman–Crippen LogP) is 3.23. The third-order valence-electron chi connectivity index (χ3n) is 3.91. The number of rotatable bonds is 7. The molecule has 1 aromatic heterocycles. The number of aromatic amines is 1. The minimum atomic E-state index is -0.248. The van der Waals surface area contributed by atoms with Gasteiger partial charge in [0.25, 0.3) is 5.56 Å². The molecule has 3 rings (SSSR count). The molecule has 3 aromatic rings. The van der Waals surface area contributed by atoms with E-state index >= 15 is 0 Å². The Bertz CT molecular complexity index is 970. The van der Waals surface area contributed by atoms with Gasteiger partial charge in [-0.05, 0) is 18.1 Å². The van der Waals surface area contributed by atoms with Gasteiger partial charge in [-0.1, -0.05) is 71.9 Å². The Morgan fingerprint density at radius 3 is 2.63 bits per heavy atom. The zero-order valence-electron chi connectivity index (χ0n) is 15.1. The summed E-state index contributed by atoms with van der Waals surface area (Å²) in [5.41, 5.74) is 3.60. The molecule has 1 amide bonds. The van der Waals surface area contributed by atoms with E-state index in [0.29, 0.717) is 23.1 Å². The first kappa shape index (κ1) is 18.9. The fourth-order valence-electron chi connectivity index (χ4n) is 2.62. The Hall–Kier alpha value is -2.86. The predicted molar refractivity (Wildman–Crippen MR) is 108 cm³/mol. The number of H-pyrrole nitrogens is 1. The summed E-state index contributed by atoms with van der Waals surface area (Å²) in [7, 11) is 0. The van der Waals surface area contributed by atoms with Crippen molar-refractivity contribution in [3.05, 3.63) is 93.4 Å². The van der Waals surface area contributed by atoms with Gasteiger partial charge in [-0.2, -0.15) is 0 Å². The normalized spacial score (nSPS) is 10.6.